The maximum atomic E-state index is 14.5. The maximum Gasteiger partial charge on any atom is 0.422 e. The van der Waals surface area contributed by atoms with Crippen LogP contribution < -0.4 is 0 Å². The number of carbonyl (C=O) groups is 3. The Bertz CT molecular complexity index is 4150. The third-order valence-corrected chi connectivity index (χ3v) is 14.3. The van der Waals surface area contributed by atoms with E-state index in [0.717, 1.165) is 24.7 Å². The quantitative estimate of drug-likeness (QED) is 0.0670. The number of aliphatic imine (C=N–C) groups is 3. The highest BCUT2D eigenvalue weighted by molar-refractivity contribution is 14.1. The molecule has 3 aromatic heterocycles. The average Bonchev–Trinajstić information content (AvgIpc) is 1.79. The van der Waals surface area contributed by atoms with Crippen molar-refractivity contribution in [3.8, 4) is 17.1 Å². The topological polar surface area (TPSA) is 180 Å². The third kappa shape index (κ3) is 13.6. The fraction of sp³-hybridized carbons (Fsp3) is 0.150. The van der Waals surface area contributed by atoms with Gasteiger partial charge in [-0.3, -0.25) is 28.7 Å². The van der Waals surface area contributed by atoms with Crippen LogP contribution in [0.15, 0.2) is 175 Å². The van der Waals surface area contributed by atoms with Crippen LogP contribution in [0.4, 0.5) is 26.3 Å². The highest BCUT2D eigenvalue weighted by Crippen LogP contribution is 2.34. The lowest BCUT2D eigenvalue weighted by atomic mass is 10.00. The number of halogens is 10. The molecule has 1 N–H and O–H groups in total. The van der Waals surface area contributed by atoms with Crippen LogP contribution in [0.3, 0.4) is 0 Å². The zero-order chi connectivity index (χ0) is 60.7. The first-order valence-electron chi connectivity index (χ1n) is 25.5. The molecule has 0 amide bonds. The van der Waals surface area contributed by atoms with Gasteiger partial charge in [-0.1, -0.05) is 114 Å². The number of hydrogen-bond donors (Lipinski definition) is 1. The van der Waals surface area contributed by atoms with Gasteiger partial charge in [0.05, 0.1) is 77.5 Å². The smallest absolute Gasteiger partial charge is 0.422 e. The van der Waals surface area contributed by atoms with Crippen molar-refractivity contribution in [2.75, 3.05) is 18.1 Å². The van der Waals surface area contributed by atoms with Gasteiger partial charge >= 0.3 is 24.1 Å². The zero-order valence-electron chi connectivity index (χ0n) is 44.4. The lowest BCUT2D eigenvalue weighted by molar-refractivity contribution is -0.161. The second-order valence-corrected chi connectivity index (χ2v) is 20.6. The van der Waals surface area contributed by atoms with Crippen LogP contribution in [0.1, 0.15) is 97.6 Å². The number of imidazole rings is 3. The molecule has 0 unspecified atom stereocenters. The molecule has 0 saturated carbocycles. The molecule has 6 heterocycles. The van der Waals surface area contributed by atoms with E-state index in [2.05, 4.69) is 82.5 Å². The summed E-state index contributed by atoms with van der Waals surface area (Å²) in [6.07, 6.45) is -0.299. The Morgan fingerprint density at radius 2 is 0.871 bits per heavy atom. The lowest BCUT2D eigenvalue weighted by Gasteiger charge is -2.12. The summed E-state index contributed by atoms with van der Waals surface area (Å²) in [7, 11) is 0. The molecule has 436 valence electrons. The Hall–Kier alpha value is -7.88. The number of rotatable bonds is 8. The van der Waals surface area contributed by atoms with E-state index in [9.17, 15) is 45.8 Å². The van der Waals surface area contributed by atoms with Crippen molar-refractivity contribution in [3.63, 3.8) is 0 Å². The Labute approximate surface area is 522 Å². The van der Waals surface area contributed by atoms with Crippen molar-refractivity contribution in [3.05, 3.63) is 245 Å². The number of hydrogen-bond acceptors (Lipinski definition) is 11. The second-order valence-electron chi connectivity index (χ2n) is 17.9. The zero-order valence-corrected chi connectivity index (χ0v) is 50.3. The molecule has 0 aliphatic carbocycles. The number of aromatic nitrogens is 6. The molecule has 0 saturated heterocycles. The molecular weight excluding hydrogens is 1420 g/mol. The van der Waals surface area contributed by atoms with E-state index in [4.69, 9.17) is 6.11 Å². The fourth-order valence-electron chi connectivity index (χ4n) is 9.22. The number of aromatic carboxylic acids is 1. The lowest BCUT2D eigenvalue weighted by Crippen LogP contribution is -2.21. The standard InChI is InChI=1S/C20H12BrF4N3O2.C20H15BrFN3O2.C18H11BrFN3O2.CH3I.CH4/c21-11-5-6-15-13(7-11)17(12-3-1-2-4-14(12)22)26-8-16-18(27-10-28(15)16)19(29)30-9-20(23,24)25;1-2-27-20(26)19-17-10-23-18(13-5-3-4-6-15(13)22)14-9-12(21)7-8-16(14)25(17)11-24-19;19-10-5-6-14-12(7-10)16(11-3-1-2-4-13(11)20)21-8-15-17(18(24)25)22-9-23(14)15;1-2;/h1-7,10H,8-9H2;3-9,11H,2,10H2,1H3;1-7,9H,8H2,(H,24,25);1H3;1H4/i;;;1D;. The number of carboxylic acids is 1. The van der Waals surface area contributed by atoms with Crippen LogP contribution in [0.2, 0.25) is 0 Å². The molecule has 3 aliphatic heterocycles. The van der Waals surface area contributed by atoms with Gasteiger partial charge < -0.3 is 14.6 Å². The highest BCUT2D eigenvalue weighted by Gasteiger charge is 2.33. The van der Waals surface area contributed by atoms with Gasteiger partial charge in [0.25, 0.3) is 0 Å². The molecule has 25 heteroatoms. The molecule has 3 aliphatic rings. The van der Waals surface area contributed by atoms with Crippen molar-refractivity contribution < 1.29 is 56.7 Å². The fourth-order valence-corrected chi connectivity index (χ4v) is 10.3. The number of esters is 2. The molecule has 0 spiro atoms. The SMILES string of the molecule is C.CCOC(=O)c1ncn2c1CN=C(c1ccccc1F)c1cc(Br)ccc1-2.O=C(O)c1ncn2c1CN=C(c1ccccc1F)c1cc(Br)ccc1-2.O=C(OCC(F)(F)F)c1ncn2c1CN=C(c1ccccc1F)c1cc(Br)ccc1-2.[2H]CI. The van der Waals surface area contributed by atoms with Crippen molar-refractivity contribution in [1.29, 1.82) is 0 Å². The molecular formula is C60H45Br3F6IN9O6. The van der Waals surface area contributed by atoms with Crippen LogP contribution in [0.25, 0.3) is 17.1 Å². The van der Waals surface area contributed by atoms with Gasteiger partial charge in [-0.25, -0.2) is 42.5 Å². The normalized spacial score (nSPS) is 12.6. The molecule has 6 aromatic carbocycles. The number of alkyl halides is 4. The Morgan fingerprint density at radius 1 is 0.553 bits per heavy atom. The molecule has 0 radical (unpaired) electrons. The minimum absolute atomic E-state index is 0. The third-order valence-electron chi connectivity index (χ3n) is 12.8. The predicted molar refractivity (Wildman–Crippen MR) is 327 cm³/mol. The number of ether oxygens (including phenoxy) is 2. The van der Waals surface area contributed by atoms with E-state index in [-0.39, 0.29) is 73.6 Å². The minimum atomic E-state index is -4.65. The number of carboxylic acid groups (broad SMARTS) is 1. The van der Waals surface area contributed by atoms with E-state index in [1.54, 1.807) is 95.2 Å². The average molecular weight is 1470 g/mol. The first kappa shape index (κ1) is 61.7. The van der Waals surface area contributed by atoms with Crippen LogP contribution >= 0.6 is 70.4 Å². The molecule has 15 nitrogen and oxygen atoms in total. The Balaban J connectivity index is 0.000000163. The van der Waals surface area contributed by atoms with Crippen LogP contribution in [0.5, 0.6) is 0 Å². The van der Waals surface area contributed by atoms with Crippen molar-refractivity contribution in [2.45, 2.75) is 40.2 Å². The van der Waals surface area contributed by atoms with Gasteiger partial charge in [0.2, 0.25) is 0 Å². The van der Waals surface area contributed by atoms with E-state index >= 15 is 0 Å². The van der Waals surface area contributed by atoms with E-state index in [1.165, 1.54) is 30.9 Å². The summed E-state index contributed by atoms with van der Waals surface area (Å²) >= 11 is 12.3. The van der Waals surface area contributed by atoms with Crippen molar-refractivity contribution in [2.24, 2.45) is 15.0 Å². The summed E-state index contributed by atoms with van der Waals surface area (Å²) in [6, 6.07) is 35.4. The summed E-state index contributed by atoms with van der Waals surface area (Å²) in [5.41, 5.74) is 7.69. The molecule has 12 rings (SSSR count). The van der Waals surface area contributed by atoms with Gasteiger partial charge in [0.1, 0.15) is 36.4 Å². The van der Waals surface area contributed by atoms with Crippen LogP contribution in [0, 0.1) is 17.5 Å². The molecule has 85 heavy (non-hydrogen) atoms. The maximum absolute atomic E-state index is 14.5. The first-order chi connectivity index (χ1) is 40.8. The van der Waals surface area contributed by atoms with Crippen molar-refractivity contribution in [1.82, 2.24) is 28.7 Å². The number of fused-ring (bicyclic) bond motifs is 9. The Kier molecular flexibility index (Phi) is 19.9. The van der Waals surface area contributed by atoms with E-state index < -0.39 is 36.5 Å². The predicted octanol–water partition coefficient (Wildman–Crippen LogP) is 14.7. The number of carbonyl (C=O) groups excluding carboxylic acids is 2. The summed E-state index contributed by atoms with van der Waals surface area (Å²) in [4.78, 5) is 62.1. The number of nitrogens with zero attached hydrogens (tertiary/aromatic N) is 9. The number of benzene rings is 6. The van der Waals surface area contributed by atoms with Gasteiger partial charge in [-0.05, 0) is 103 Å². The monoisotopic (exact) mass is 1470 g/mol. The van der Waals surface area contributed by atoms with Crippen LogP contribution in [-0.2, 0) is 29.1 Å². The molecule has 9 aromatic rings. The molecule has 0 fully saturated rings. The van der Waals surface area contributed by atoms with Crippen molar-refractivity contribution >= 4 is 105 Å². The molecule has 0 atom stereocenters. The van der Waals surface area contributed by atoms with Gasteiger partial charge in [-0.2, -0.15) is 13.2 Å². The van der Waals surface area contributed by atoms with E-state index in [1.807, 2.05) is 63.6 Å². The summed E-state index contributed by atoms with van der Waals surface area (Å²) in [6.45, 7) is 0.464. The van der Waals surface area contributed by atoms with Gasteiger partial charge in [-0.15, -0.1) is 0 Å². The highest BCUT2D eigenvalue weighted by atomic mass is 127. The first-order valence-corrected chi connectivity index (χ1v) is 28.7. The van der Waals surface area contributed by atoms with Crippen LogP contribution in [-0.4, -0.2) is 93.1 Å². The minimum Gasteiger partial charge on any atom is -0.476 e. The summed E-state index contributed by atoms with van der Waals surface area (Å²) < 4.78 is 104. The van der Waals surface area contributed by atoms with Gasteiger partial charge in [0.15, 0.2) is 23.7 Å². The molecule has 0 bridgehead atoms. The largest absolute Gasteiger partial charge is 0.476 e. The summed E-state index contributed by atoms with van der Waals surface area (Å²) in [5, 5.41) is 9.35. The summed E-state index contributed by atoms with van der Waals surface area (Å²) in [5.74, 6) is -4.01. The Morgan fingerprint density at radius 3 is 1.19 bits per heavy atom. The van der Waals surface area contributed by atoms with E-state index in [0.29, 0.717) is 67.1 Å². The second kappa shape index (κ2) is 27.4. The van der Waals surface area contributed by atoms with Gasteiger partial charge in [0, 0.05) is 48.2 Å².